The molecule has 2 aliphatic rings. The zero-order valence-electron chi connectivity index (χ0n) is 18.7. The van der Waals surface area contributed by atoms with Gasteiger partial charge in [0.05, 0.1) is 6.54 Å². The molecule has 1 atom stereocenters. The van der Waals surface area contributed by atoms with Gasteiger partial charge >= 0.3 is 0 Å². The second-order valence-electron chi connectivity index (χ2n) is 8.29. The second-order valence-corrected chi connectivity index (χ2v) is 8.29. The van der Waals surface area contributed by atoms with E-state index in [2.05, 4.69) is 10.4 Å². The molecule has 0 saturated heterocycles. The van der Waals surface area contributed by atoms with Gasteiger partial charge in [-0.2, -0.15) is 5.10 Å². The molecule has 2 aromatic carbocycles. The summed E-state index contributed by atoms with van der Waals surface area (Å²) >= 11 is 0. The van der Waals surface area contributed by atoms with Crippen LogP contribution in [0.1, 0.15) is 29.4 Å². The number of nitrogens with zero attached hydrogens (tertiary/aromatic N) is 3. The Morgan fingerprint density at radius 2 is 1.85 bits per heavy atom. The van der Waals surface area contributed by atoms with Crippen LogP contribution in [0.3, 0.4) is 0 Å². The topological polar surface area (TPSA) is 103 Å². The molecule has 9 heteroatoms. The number of ether oxygens (including phenoxy) is 2. The van der Waals surface area contributed by atoms with Crippen molar-refractivity contribution >= 4 is 23.2 Å². The summed E-state index contributed by atoms with van der Waals surface area (Å²) < 4.78 is 12.2. The van der Waals surface area contributed by atoms with E-state index in [-0.39, 0.29) is 42.1 Å². The number of aromatic nitrogens is 2. The van der Waals surface area contributed by atoms with Crippen molar-refractivity contribution in [1.82, 2.24) is 9.78 Å². The van der Waals surface area contributed by atoms with E-state index in [4.69, 9.17) is 9.47 Å². The summed E-state index contributed by atoms with van der Waals surface area (Å²) in [5, 5.41) is 7.05. The molecule has 0 bridgehead atoms. The highest BCUT2D eigenvalue weighted by Gasteiger charge is 2.32. The van der Waals surface area contributed by atoms with Crippen LogP contribution in [0, 0.1) is 0 Å². The van der Waals surface area contributed by atoms with Gasteiger partial charge in [-0.05, 0) is 43.2 Å². The first kappa shape index (κ1) is 21.7. The number of benzene rings is 2. The molecular formula is C25H24N4O5. The van der Waals surface area contributed by atoms with Gasteiger partial charge in [-0.15, -0.1) is 0 Å². The van der Waals surface area contributed by atoms with Crippen molar-refractivity contribution < 1.29 is 19.1 Å². The molecule has 2 amide bonds. The Kier molecular flexibility index (Phi) is 5.75. The zero-order chi connectivity index (χ0) is 23.7. The zero-order valence-corrected chi connectivity index (χ0v) is 18.7. The van der Waals surface area contributed by atoms with Crippen molar-refractivity contribution in [3.05, 3.63) is 76.2 Å². The van der Waals surface area contributed by atoms with Crippen molar-refractivity contribution in [3.63, 3.8) is 0 Å². The third-order valence-electron chi connectivity index (χ3n) is 5.89. The number of carbonyl (C=O) groups excluding carboxylic acids is 2. The first-order valence-corrected chi connectivity index (χ1v) is 11.2. The highest BCUT2D eigenvalue weighted by molar-refractivity contribution is 6.06. The summed E-state index contributed by atoms with van der Waals surface area (Å²) in [6.45, 7) is 2.97. The summed E-state index contributed by atoms with van der Waals surface area (Å²) in [4.78, 5) is 39.7. The molecule has 1 aromatic heterocycles. The largest absolute Gasteiger partial charge is 0.486 e. The Hall–Kier alpha value is -4.14. The quantitative estimate of drug-likeness (QED) is 0.628. The van der Waals surface area contributed by atoms with E-state index in [1.807, 2.05) is 31.2 Å². The molecule has 3 heterocycles. The molecule has 0 spiro atoms. The van der Waals surface area contributed by atoms with Crippen LogP contribution < -0.4 is 25.2 Å². The van der Waals surface area contributed by atoms with Crippen molar-refractivity contribution in [1.29, 1.82) is 0 Å². The molecule has 0 unspecified atom stereocenters. The van der Waals surface area contributed by atoms with Gasteiger partial charge < -0.3 is 19.7 Å². The summed E-state index contributed by atoms with van der Waals surface area (Å²) in [5.74, 6) is 0.651. The van der Waals surface area contributed by atoms with Crippen LogP contribution in [-0.4, -0.2) is 40.9 Å². The molecule has 174 valence electrons. The Balaban J connectivity index is 1.27. The first-order chi connectivity index (χ1) is 16.5. The number of hydrogen-bond donors (Lipinski definition) is 1. The van der Waals surface area contributed by atoms with Crippen LogP contribution in [0.5, 0.6) is 11.5 Å². The molecule has 0 fully saturated rings. The molecule has 0 aliphatic carbocycles. The average Bonchev–Trinajstić information content (AvgIpc) is 3.18. The number of fused-ring (bicyclic) bond motifs is 2. The second kappa shape index (κ2) is 9.01. The minimum atomic E-state index is -0.376. The molecule has 5 rings (SSSR count). The lowest BCUT2D eigenvalue weighted by molar-refractivity contribution is -0.116. The van der Waals surface area contributed by atoms with E-state index in [1.165, 1.54) is 12.1 Å². The highest BCUT2D eigenvalue weighted by Crippen LogP contribution is 2.33. The van der Waals surface area contributed by atoms with Gasteiger partial charge in [0, 0.05) is 36.0 Å². The predicted octanol–water partition coefficient (Wildman–Crippen LogP) is 2.63. The molecular weight excluding hydrogens is 436 g/mol. The normalized spacial score (nSPS) is 16.1. The van der Waals surface area contributed by atoms with Crippen LogP contribution >= 0.6 is 0 Å². The number of aryl methyl sites for hydroxylation is 1. The van der Waals surface area contributed by atoms with Crippen LogP contribution in [0.15, 0.2) is 59.4 Å². The van der Waals surface area contributed by atoms with Gasteiger partial charge in [0.1, 0.15) is 18.9 Å². The third-order valence-corrected chi connectivity index (χ3v) is 5.89. The van der Waals surface area contributed by atoms with E-state index in [0.717, 1.165) is 22.4 Å². The van der Waals surface area contributed by atoms with E-state index in [9.17, 15) is 14.4 Å². The number of rotatable bonds is 5. The SMILES string of the molecule is C[C@H]1Cc2ccccc2N1C(=O)c1ccc(=O)n(CCC(=O)Nc2ccc3c(c2)OCCO3)n1. The van der Waals surface area contributed by atoms with Gasteiger partial charge in [-0.3, -0.25) is 14.4 Å². The van der Waals surface area contributed by atoms with E-state index >= 15 is 0 Å². The number of amides is 2. The Bertz CT molecular complexity index is 1320. The predicted molar refractivity (Wildman–Crippen MR) is 126 cm³/mol. The molecule has 2 aliphatic heterocycles. The maximum atomic E-state index is 13.2. The Labute approximate surface area is 195 Å². The van der Waals surface area contributed by atoms with Crippen molar-refractivity contribution in [2.45, 2.75) is 32.4 Å². The van der Waals surface area contributed by atoms with Crippen LogP contribution in [0.4, 0.5) is 11.4 Å². The van der Waals surface area contributed by atoms with Gasteiger partial charge in [-0.25, -0.2) is 4.68 Å². The summed E-state index contributed by atoms with van der Waals surface area (Å²) in [6, 6.07) is 15.7. The minimum Gasteiger partial charge on any atom is -0.486 e. The summed E-state index contributed by atoms with van der Waals surface area (Å²) in [6.07, 6.45) is 0.781. The maximum Gasteiger partial charge on any atom is 0.278 e. The van der Waals surface area contributed by atoms with Gasteiger partial charge in [0.15, 0.2) is 11.5 Å². The maximum absolute atomic E-state index is 13.2. The fourth-order valence-corrected chi connectivity index (χ4v) is 4.27. The first-order valence-electron chi connectivity index (χ1n) is 11.2. The fraction of sp³-hybridized carbons (Fsp3) is 0.280. The van der Waals surface area contributed by atoms with Crippen molar-refractivity contribution in [3.8, 4) is 11.5 Å². The Morgan fingerprint density at radius 1 is 1.06 bits per heavy atom. The molecule has 9 nitrogen and oxygen atoms in total. The number of hydrogen-bond acceptors (Lipinski definition) is 6. The molecule has 0 saturated carbocycles. The van der Waals surface area contributed by atoms with E-state index < -0.39 is 0 Å². The molecule has 3 aromatic rings. The van der Waals surface area contributed by atoms with Gasteiger partial charge in [-0.1, -0.05) is 18.2 Å². The number of anilines is 2. The smallest absolute Gasteiger partial charge is 0.278 e. The summed E-state index contributed by atoms with van der Waals surface area (Å²) in [7, 11) is 0. The van der Waals surface area contributed by atoms with E-state index in [0.29, 0.717) is 30.4 Å². The summed E-state index contributed by atoms with van der Waals surface area (Å²) in [5.41, 5.74) is 2.32. The van der Waals surface area contributed by atoms with Gasteiger partial charge in [0.25, 0.3) is 11.5 Å². The number of carbonyl (C=O) groups is 2. The number of para-hydroxylation sites is 1. The van der Waals surface area contributed by atoms with Crippen LogP contribution in [-0.2, 0) is 17.8 Å². The lowest BCUT2D eigenvalue weighted by Crippen LogP contribution is -2.37. The molecule has 34 heavy (non-hydrogen) atoms. The van der Waals surface area contributed by atoms with Crippen LogP contribution in [0.25, 0.3) is 0 Å². The molecule has 1 N–H and O–H groups in total. The highest BCUT2D eigenvalue weighted by atomic mass is 16.6. The van der Waals surface area contributed by atoms with E-state index in [1.54, 1.807) is 23.1 Å². The Morgan fingerprint density at radius 3 is 2.71 bits per heavy atom. The monoisotopic (exact) mass is 460 g/mol. The fourth-order valence-electron chi connectivity index (χ4n) is 4.27. The third kappa shape index (κ3) is 4.24. The van der Waals surface area contributed by atoms with Gasteiger partial charge in [0.2, 0.25) is 5.91 Å². The average molecular weight is 460 g/mol. The number of nitrogens with one attached hydrogen (secondary N) is 1. The standard InChI is InChI=1S/C25H24N4O5/c1-16-14-17-4-2-3-5-20(17)29(16)25(32)19-7-9-24(31)28(27-19)11-10-23(30)26-18-6-8-21-22(15-18)34-13-12-33-21/h2-9,15-16H,10-14H2,1H3,(H,26,30)/t16-/m0/s1. The molecule has 0 radical (unpaired) electrons. The van der Waals surface area contributed by atoms with Crippen molar-refractivity contribution in [2.24, 2.45) is 0 Å². The minimum absolute atomic E-state index is 0.0103. The lowest BCUT2D eigenvalue weighted by atomic mass is 10.1. The van der Waals surface area contributed by atoms with Crippen LogP contribution in [0.2, 0.25) is 0 Å². The van der Waals surface area contributed by atoms with Crippen molar-refractivity contribution in [2.75, 3.05) is 23.4 Å². The lowest BCUT2D eigenvalue weighted by Gasteiger charge is -2.22.